The lowest BCUT2D eigenvalue weighted by atomic mass is 10.1. The molecule has 2 amide bonds. The van der Waals surface area contributed by atoms with E-state index < -0.39 is 6.04 Å². The summed E-state index contributed by atoms with van der Waals surface area (Å²) in [6, 6.07) is 13.5. The van der Waals surface area contributed by atoms with E-state index in [1.807, 2.05) is 54.6 Å². The second kappa shape index (κ2) is 10.4. The van der Waals surface area contributed by atoms with Crippen molar-refractivity contribution in [2.45, 2.75) is 18.9 Å². The summed E-state index contributed by atoms with van der Waals surface area (Å²) in [5, 5.41) is 5.77. The number of pyridine rings is 1. The lowest BCUT2D eigenvalue weighted by molar-refractivity contribution is -0.133. The quantitative estimate of drug-likeness (QED) is 0.732. The molecule has 6 nitrogen and oxygen atoms in total. The molecule has 146 valence electrons. The highest BCUT2D eigenvalue weighted by Crippen LogP contribution is 2.10. The molecule has 0 aliphatic carbocycles. The molecule has 2 aromatic rings. The van der Waals surface area contributed by atoms with Gasteiger partial charge in [-0.25, -0.2) is 0 Å². The average molecular weight is 378 g/mol. The molecular formula is C22H26N4O2. The molecule has 1 aromatic carbocycles. The summed E-state index contributed by atoms with van der Waals surface area (Å²) in [7, 11) is 0. The molecule has 0 spiro atoms. The minimum atomic E-state index is -0.437. The third-order valence-corrected chi connectivity index (χ3v) is 4.73. The molecule has 0 bridgehead atoms. The Bertz CT molecular complexity index is 793. The Balaban J connectivity index is 1.49. The van der Waals surface area contributed by atoms with Crippen LogP contribution in [0.1, 0.15) is 17.5 Å². The van der Waals surface area contributed by atoms with Crippen molar-refractivity contribution in [1.29, 1.82) is 0 Å². The normalized spacial score (nSPS) is 17.4. The summed E-state index contributed by atoms with van der Waals surface area (Å²) in [6.07, 6.45) is 8.49. The highest BCUT2D eigenvalue weighted by molar-refractivity contribution is 5.88. The Morgan fingerprint density at radius 3 is 2.89 bits per heavy atom. The Morgan fingerprint density at radius 2 is 2.11 bits per heavy atom. The maximum absolute atomic E-state index is 12.3. The van der Waals surface area contributed by atoms with Crippen LogP contribution < -0.4 is 10.6 Å². The molecule has 1 atom stereocenters. The largest absolute Gasteiger partial charge is 0.356 e. The molecule has 0 saturated carbocycles. The van der Waals surface area contributed by atoms with E-state index in [2.05, 4.69) is 20.5 Å². The van der Waals surface area contributed by atoms with Gasteiger partial charge in [0, 0.05) is 38.6 Å². The molecule has 28 heavy (non-hydrogen) atoms. The number of hydrogen-bond acceptors (Lipinski definition) is 4. The van der Waals surface area contributed by atoms with Crippen molar-refractivity contribution >= 4 is 17.9 Å². The summed E-state index contributed by atoms with van der Waals surface area (Å²) in [5.74, 6) is -0.190. The summed E-state index contributed by atoms with van der Waals surface area (Å²) in [6.45, 7) is 2.51. The second-order valence-electron chi connectivity index (χ2n) is 6.78. The highest BCUT2D eigenvalue weighted by atomic mass is 16.2. The summed E-state index contributed by atoms with van der Waals surface area (Å²) in [5.41, 5.74) is 2.19. The fourth-order valence-electron chi connectivity index (χ4n) is 3.23. The van der Waals surface area contributed by atoms with Crippen LogP contribution in [0.25, 0.3) is 6.08 Å². The van der Waals surface area contributed by atoms with Crippen molar-refractivity contribution in [3.63, 3.8) is 0 Å². The van der Waals surface area contributed by atoms with Gasteiger partial charge in [0.1, 0.15) is 0 Å². The first-order valence-corrected chi connectivity index (χ1v) is 9.61. The maximum atomic E-state index is 12.3. The number of nitrogens with one attached hydrogen (secondary N) is 2. The lowest BCUT2D eigenvalue weighted by Gasteiger charge is -2.33. The SMILES string of the molecule is O=C(C[C@@H]1C(=O)NCCN1C/C=C/c1ccccc1)NCCc1cccnc1. The molecule has 1 aromatic heterocycles. The van der Waals surface area contributed by atoms with E-state index in [1.165, 1.54) is 0 Å². The molecule has 6 heteroatoms. The van der Waals surface area contributed by atoms with Crippen molar-refractivity contribution in [2.24, 2.45) is 0 Å². The van der Waals surface area contributed by atoms with Crippen molar-refractivity contribution in [3.05, 3.63) is 72.1 Å². The van der Waals surface area contributed by atoms with Gasteiger partial charge in [-0.05, 0) is 23.6 Å². The Kier molecular flexibility index (Phi) is 7.32. The zero-order chi connectivity index (χ0) is 19.6. The van der Waals surface area contributed by atoms with Crippen LogP contribution in [0.5, 0.6) is 0 Å². The molecule has 1 aliphatic heterocycles. The van der Waals surface area contributed by atoms with Gasteiger partial charge in [0.25, 0.3) is 0 Å². The van der Waals surface area contributed by atoms with Gasteiger partial charge >= 0.3 is 0 Å². The lowest BCUT2D eigenvalue weighted by Crippen LogP contribution is -2.56. The molecule has 2 heterocycles. The van der Waals surface area contributed by atoms with E-state index in [-0.39, 0.29) is 18.2 Å². The zero-order valence-corrected chi connectivity index (χ0v) is 15.9. The first kappa shape index (κ1) is 19.8. The molecule has 1 aliphatic rings. The Morgan fingerprint density at radius 1 is 1.25 bits per heavy atom. The van der Waals surface area contributed by atoms with Crippen LogP contribution in [0.4, 0.5) is 0 Å². The smallest absolute Gasteiger partial charge is 0.237 e. The summed E-state index contributed by atoms with van der Waals surface area (Å²) >= 11 is 0. The van der Waals surface area contributed by atoms with Gasteiger partial charge in [0.15, 0.2) is 0 Å². The predicted octanol–water partition coefficient (Wildman–Crippen LogP) is 1.64. The predicted molar refractivity (Wildman–Crippen MR) is 109 cm³/mol. The number of rotatable bonds is 8. The molecule has 0 radical (unpaired) electrons. The first-order chi connectivity index (χ1) is 13.7. The third kappa shape index (κ3) is 6.03. The van der Waals surface area contributed by atoms with Crippen molar-refractivity contribution < 1.29 is 9.59 Å². The van der Waals surface area contributed by atoms with E-state index in [4.69, 9.17) is 0 Å². The van der Waals surface area contributed by atoms with Crippen molar-refractivity contribution in [1.82, 2.24) is 20.5 Å². The van der Waals surface area contributed by atoms with Crippen LogP contribution in [0.2, 0.25) is 0 Å². The number of carbonyl (C=O) groups excluding carboxylic acids is 2. The number of aromatic nitrogens is 1. The van der Waals surface area contributed by atoms with Gasteiger partial charge in [-0.2, -0.15) is 0 Å². The van der Waals surface area contributed by atoms with E-state index in [0.29, 0.717) is 19.6 Å². The summed E-state index contributed by atoms with van der Waals surface area (Å²) in [4.78, 5) is 30.8. The van der Waals surface area contributed by atoms with E-state index in [1.54, 1.807) is 12.4 Å². The number of carbonyl (C=O) groups is 2. The van der Waals surface area contributed by atoms with Gasteiger partial charge in [0.2, 0.25) is 11.8 Å². The minimum absolute atomic E-state index is 0.0817. The van der Waals surface area contributed by atoms with E-state index >= 15 is 0 Å². The van der Waals surface area contributed by atoms with Crippen LogP contribution in [-0.4, -0.2) is 53.9 Å². The maximum Gasteiger partial charge on any atom is 0.237 e. The second-order valence-corrected chi connectivity index (χ2v) is 6.78. The fraction of sp³-hybridized carbons (Fsp3) is 0.318. The molecule has 2 N–H and O–H groups in total. The van der Waals surface area contributed by atoms with Crippen LogP contribution in [0, 0.1) is 0 Å². The van der Waals surface area contributed by atoms with Gasteiger partial charge < -0.3 is 10.6 Å². The zero-order valence-electron chi connectivity index (χ0n) is 15.9. The van der Waals surface area contributed by atoms with Gasteiger partial charge in [-0.15, -0.1) is 0 Å². The molecular weight excluding hydrogens is 352 g/mol. The Labute approximate surface area is 165 Å². The monoisotopic (exact) mass is 378 g/mol. The van der Waals surface area contributed by atoms with Crippen LogP contribution in [-0.2, 0) is 16.0 Å². The fourth-order valence-corrected chi connectivity index (χ4v) is 3.23. The topological polar surface area (TPSA) is 74.3 Å². The van der Waals surface area contributed by atoms with Crippen LogP contribution >= 0.6 is 0 Å². The van der Waals surface area contributed by atoms with Crippen LogP contribution in [0.3, 0.4) is 0 Å². The molecule has 1 fully saturated rings. The number of nitrogens with zero attached hydrogens (tertiary/aromatic N) is 2. The Hall–Kier alpha value is -2.99. The van der Waals surface area contributed by atoms with E-state index in [0.717, 1.165) is 24.1 Å². The first-order valence-electron chi connectivity index (χ1n) is 9.61. The van der Waals surface area contributed by atoms with Crippen LogP contribution in [0.15, 0.2) is 60.9 Å². The minimum Gasteiger partial charge on any atom is -0.356 e. The van der Waals surface area contributed by atoms with Crippen molar-refractivity contribution in [2.75, 3.05) is 26.2 Å². The number of amides is 2. The van der Waals surface area contributed by atoms with Gasteiger partial charge in [0.05, 0.1) is 12.5 Å². The molecule has 3 rings (SSSR count). The van der Waals surface area contributed by atoms with Gasteiger partial charge in [-0.1, -0.05) is 48.6 Å². The highest BCUT2D eigenvalue weighted by Gasteiger charge is 2.30. The standard InChI is InChI=1S/C22H26N4O2/c27-21(24-12-10-19-8-4-11-23-17-19)16-20-22(28)25-13-15-26(20)14-5-9-18-6-2-1-3-7-18/h1-9,11,17,20H,10,12-16H2,(H,24,27)(H,25,28)/b9-5+/t20-/m1/s1. The number of piperazine rings is 1. The molecule has 1 saturated heterocycles. The van der Waals surface area contributed by atoms with Crippen molar-refractivity contribution in [3.8, 4) is 0 Å². The molecule has 0 unspecified atom stereocenters. The number of benzene rings is 1. The van der Waals surface area contributed by atoms with Gasteiger partial charge in [-0.3, -0.25) is 19.5 Å². The average Bonchev–Trinajstić information content (AvgIpc) is 2.72. The van der Waals surface area contributed by atoms with E-state index in [9.17, 15) is 9.59 Å². The third-order valence-electron chi connectivity index (χ3n) is 4.73. The summed E-state index contributed by atoms with van der Waals surface area (Å²) < 4.78 is 0. The number of hydrogen-bond donors (Lipinski definition) is 2.